The minimum absolute atomic E-state index is 0.103. The summed E-state index contributed by atoms with van der Waals surface area (Å²) >= 11 is 0. The van der Waals surface area contributed by atoms with Gasteiger partial charge in [-0.05, 0) is 25.1 Å². The van der Waals surface area contributed by atoms with Gasteiger partial charge in [0.15, 0.2) is 0 Å². The van der Waals surface area contributed by atoms with Crippen LogP contribution in [0.25, 0.3) is 0 Å². The average Bonchev–Trinajstić information content (AvgIpc) is 2.23. The maximum absolute atomic E-state index is 5.96. The first-order valence-corrected chi connectivity index (χ1v) is 5.04. The summed E-state index contributed by atoms with van der Waals surface area (Å²) < 4.78 is 5.78. The molecule has 2 atom stereocenters. The fourth-order valence-corrected chi connectivity index (χ4v) is 1.65. The number of para-hydroxylation sites is 1. The van der Waals surface area contributed by atoms with Crippen molar-refractivity contribution in [2.45, 2.75) is 18.6 Å². The zero-order valence-electron chi connectivity index (χ0n) is 8.15. The summed E-state index contributed by atoms with van der Waals surface area (Å²) in [5.74, 6) is 0.900. The van der Waals surface area contributed by atoms with Gasteiger partial charge in [-0.3, -0.25) is 0 Å². The van der Waals surface area contributed by atoms with Crippen molar-refractivity contribution in [3.8, 4) is 5.75 Å². The SMILES string of the molecule is NC1CCNCC1Oc1ccccc1. The third-order valence-electron chi connectivity index (χ3n) is 2.51. The van der Waals surface area contributed by atoms with Crippen LogP contribution >= 0.6 is 0 Å². The molecule has 3 nitrogen and oxygen atoms in total. The second-order valence-corrected chi connectivity index (χ2v) is 3.63. The molecular formula is C11H16N2O. The molecule has 3 heteroatoms. The first kappa shape index (κ1) is 9.49. The van der Waals surface area contributed by atoms with Gasteiger partial charge in [-0.2, -0.15) is 0 Å². The Balaban J connectivity index is 1.96. The van der Waals surface area contributed by atoms with Crippen LogP contribution in [0.5, 0.6) is 5.75 Å². The lowest BCUT2D eigenvalue weighted by Gasteiger charge is -2.29. The van der Waals surface area contributed by atoms with Gasteiger partial charge in [-0.25, -0.2) is 0 Å². The van der Waals surface area contributed by atoms with Crippen LogP contribution in [0.2, 0.25) is 0 Å². The fraction of sp³-hybridized carbons (Fsp3) is 0.455. The summed E-state index contributed by atoms with van der Waals surface area (Å²) in [5.41, 5.74) is 5.96. The quantitative estimate of drug-likeness (QED) is 0.727. The summed E-state index contributed by atoms with van der Waals surface area (Å²) in [7, 11) is 0. The van der Waals surface area contributed by atoms with E-state index in [-0.39, 0.29) is 12.1 Å². The lowest BCUT2D eigenvalue weighted by Crippen LogP contribution is -2.51. The predicted molar refractivity (Wildman–Crippen MR) is 56.3 cm³/mol. The second-order valence-electron chi connectivity index (χ2n) is 3.63. The molecule has 0 aliphatic carbocycles. The summed E-state index contributed by atoms with van der Waals surface area (Å²) in [6.07, 6.45) is 1.09. The number of piperidine rings is 1. The van der Waals surface area contributed by atoms with Crippen molar-refractivity contribution in [1.82, 2.24) is 5.32 Å². The van der Waals surface area contributed by atoms with Gasteiger partial charge in [0.1, 0.15) is 11.9 Å². The molecule has 0 aromatic heterocycles. The third kappa shape index (κ3) is 2.25. The van der Waals surface area contributed by atoms with Crippen molar-refractivity contribution in [3.05, 3.63) is 30.3 Å². The van der Waals surface area contributed by atoms with Crippen LogP contribution in [-0.2, 0) is 0 Å². The second kappa shape index (κ2) is 4.44. The largest absolute Gasteiger partial charge is 0.487 e. The molecule has 1 aliphatic heterocycles. The van der Waals surface area contributed by atoms with Crippen molar-refractivity contribution < 1.29 is 4.74 Å². The maximum atomic E-state index is 5.96. The van der Waals surface area contributed by atoms with Gasteiger partial charge < -0.3 is 15.8 Å². The molecule has 3 N–H and O–H groups in total. The van der Waals surface area contributed by atoms with E-state index in [2.05, 4.69) is 5.32 Å². The van der Waals surface area contributed by atoms with E-state index in [1.807, 2.05) is 30.3 Å². The number of benzene rings is 1. The highest BCUT2D eigenvalue weighted by Crippen LogP contribution is 2.14. The first-order valence-electron chi connectivity index (χ1n) is 5.04. The lowest BCUT2D eigenvalue weighted by molar-refractivity contribution is 0.144. The summed E-state index contributed by atoms with van der Waals surface area (Å²) in [6.45, 7) is 1.84. The van der Waals surface area contributed by atoms with Gasteiger partial charge in [0.05, 0.1) is 0 Å². The number of hydrogen-bond acceptors (Lipinski definition) is 3. The zero-order chi connectivity index (χ0) is 9.80. The molecule has 0 amide bonds. The molecule has 2 unspecified atom stereocenters. The molecule has 0 bridgehead atoms. The topological polar surface area (TPSA) is 47.3 Å². The van der Waals surface area contributed by atoms with E-state index in [0.717, 1.165) is 25.3 Å². The van der Waals surface area contributed by atoms with Crippen molar-refractivity contribution in [1.29, 1.82) is 0 Å². The van der Waals surface area contributed by atoms with Crippen molar-refractivity contribution in [2.75, 3.05) is 13.1 Å². The molecule has 14 heavy (non-hydrogen) atoms. The van der Waals surface area contributed by atoms with Crippen molar-refractivity contribution in [3.63, 3.8) is 0 Å². The van der Waals surface area contributed by atoms with E-state index in [9.17, 15) is 0 Å². The highest BCUT2D eigenvalue weighted by Gasteiger charge is 2.22. The molecule has 1 heterocycles. The summed E-state index contributed by atoms with van der Waals surface area (Å²) in [5, 5.41) is 3.28. The van der Waals surface area contributed by atoms with Gasteiger partial charge in [0, 0.05) is 12.6 Å². The van der Waals surface area contributed by atoms with Gasteiger partial charge >= 0.3 is 0 Å². The predicted octanol–water partition coefficient (Wildman–Crippen LogP) is 0.755. The molecule has 0 radical (unpaired) electrons. The third-order valence-corrected chi connectivity index (χ3v) is 2.51. The van der Waals surface area contributed by atoms with Gasteiger partial charge in [0.2, 0.25) is 0 Å². The molecule has 1 aromatic carbocycles. The number of nitrogens with two attached hydrogens (primary N) is 1. The highest BCUT2D eigenvalue weighted by molar-refractivity contribution is 5.21. The van der Waals surface area contributed by atoms with E-state index in [0.29, 0.717) is 0 Å². The molecule has 1 aromatic rings. The summed E-state index contributed by atoms with van der Waals surface area (Å²) in [4.78, 5) is 0. The first-order chi connectivity index (χ1) is 6.86. The molecule has 0 saturated carbocycles. The van der Waals surface area contributed by atoms with Crippen LogP contribution in [0, 0.1) is 0 Å². The Morgan fingerprint density at radius 2 is 2.07 bits per heavy atom. The maximum Gasteiger partial charge on any atom is 0.126 e. The molecule has 2 rings (SSSR count). The minimum Gasteiger partial charge on any atom is -0.487 e. The van der Waals surface area contributed by atoms with E-state index in [1.54, 1.807) is 0 Å². The van der Waals surface area contributed by atoms with Gasteiger partial charge in [-0.1, -0.05) is 18.2 Å². The molecule has 1 saturated heterocycles. The Bertz CT molecular complexity index is 276. The Hall–Kier alpha value is -1.06. The van der Waals surface area contributed by atoms with Crippen LogP contribution < -0.4 is 15.8 Å². The number of ether oxygens (including phenoxy) is 1. The summed E-state index contributed by atoms with van der Waals surface area (Å²) in [6, 6.07) is 9.99. The Labute approximate surface area is 84.3 Å². The van der Waals surface area contributed by atoms with Crippen molar-refractivity contribution >= 4 is 0 Å². The van der Waals surface area contributed by atoms with E-state index < -0.39 is 0 Å². The molecule has 76 valence electrons. The lowest BCUT2D eigenvalue weighted by atomic mass is 10.0. The van der Waals surface area contributed by atoms with E-state index in [4.69, 9.17) is 10.5 Å². The molecule has 0 spiro atoms. The van der Waals surface area contributed by atoms with Crippen LogP contribution in [0.4, 0.5) is 0 Å². The monoisotopic (exact) mass is 192 g/mol. The number of nitrogens with one attached hydrogen (secondary N) is 1. The van der Waals surface area contributed by atoms with Gasteiger partial charge in [0.25, 0.3) is 0 Å². The van der Waals surface area contributed by atoms with Crippen LogP contribution in [0.3, 0.4) is 0 Å². The van der Waals surface area contributed by atoms with Crippen LogP contribution in [-0.4, -0.2) is 25.2 Å². The highest BCUT2D eigenvalue weighted by atomic mass is 16.5. The Morgan fingerprint density at radius 1 is 1.29 bits per heavy atom. The molecule has 1 fully saturated rings. The minimum atomic E-state index is 0.103. The normalized spacial score (nSPS) is 27.2. The van der Waals surface area contributed by atoms with Crippen molar-refractivity contribution in [2.24, 2.45) is 5.73 Å². The Morgan fingerprint density at radius 3 is 2.79 bits per heavy atom. The van der Waals surface area contributed by atoms with Gasteiger partial charge in [-0.15, -0.1) is 0 Å². The van der Waals surface area contributed by atoms with E-state index in [1.165, 1.54) is 0 Å². The molecule has 1 aliphatic rings. The zero-order valence-corrected chi connectivity index (χ0v) is 8.15. The smallest absolute Gasteiger partial charge is 0.126 e. The average molecular weight is 192 g/mol. The van der Waals surface area contributed by atoms with E-state index >= 15 is 0 Å². The van der Waals surface area contributed by atoms with Crippen LogP contribution in [0.15, 0.2) is 30.3 Å². The molecular weight excluding hydrogens is 176 g/mol. The number of rotatable bonds is 2. The Kier molecular flexibility index (Phi) is 3.01. The number of hydrogen-bond donors (Lipinski definition) is 2. The fourth-order valence-electron chi connectivity index (χ4n) is 1.65. The standard InChI is InChI=1S/C11H16N2O/c12-10-6-7-13-8-11(10)14-9-4-2-1-3-5-9/h1-5,10-11,13H,6-8,12H2. The van der Waals surface area contributed by atoms with Crippen LogP contribution in [0.1, 0.15) is 6.42 Å².